The molecule has 3 aromatic carbocycles. The minimum absolute atomic E-state index is 0.670. The average molecular weight is 314 g/mol. The lowest BCUT2D eigenvalue weighted by Gasteiger charge is -2.12. The van der Waals surface area contributed by atoms with E-state index in [1.54, 1.807) is 0 Å². The van der Waals surface area contributed by atoms with Gasteiger partial charge in [0.25, 0.3) is 0 Å². The van der Waals surface area contributed by atoms with Gasteiger partial charge < -0.3 is 10.1 Å². The summed E-state index contributed by atoms with van der Waals surface area (Å²) in [7, 11) is 0. The van der Waals surface area contributed by atoms with E-state index in [1.165, 1.54) is 10.8 Å². The molecule has 0 amide bonds. The van der Waals surface area contributed by atoms with E-state index in [4.69, 9.17) is 9.72 Å². The maximum atomic E-state index is 5.50. The quantitative estimate of drug-likeness (QED) is 0.503. The van der Waals surface area contributed by atoms with Gasteiger partial charge in [-0.15, -0.1) is 0 Å². The summed E-state index contributed by atoms with van der Waals surface area (Å²) in [6.45, 7) is 2.65. The van der Waals surface area contributed by atoms with Gasteiger partial charge in [0.1, 0.15) is 11.6 Å². The zero-order valence-corrected chi connectivity index (χ0v) is 13.5. The zero-order valence-electron chi connectivity index (χ0n) is 13.5. The van der Waals surface area contributed by atoms with Crippen LogP contribution < -0.4 is 10.1 Å². The van der Waals surface area contributed by atoms with Gasteiger partial charge in [0, 0.05) is 16.5 Å². The molecule has 0 aliphatic heterocycles. The molecule has 4 aromatic rings. The van der Waals surface area contributed by atoms with Crippen molar-refractivity contribution >= 4 is 33.2 Å². The first-order valence-electron chi connectivity index (χ1n) is 8.12. The van der Waals surface area contributed by atoms with Gasteiger partial charge in [-0.3, -0.25) is 0 Å². The Morgan fingerprint density at radius 1 is 0.792 bits per heavy atom. The van der Waals surface area contributed by atoms with Gasteiger partial charge in [0.2, 0.25) is 0 Å². The van der Waals surface area contributed by atoms with Gasteiger partial charge in [-0.2, -0.15) is 0 Å². The number of fused-ring (bicyclic) bond motifs is 3. The number of aromatic nitrogens is 1. The zero-order chi connectivity index (χ0) is 16.4. The van der Waals surface area contributed by atoms with E-state index >= 15 is 0 Å². The average Bonchev–Trinajstić information content (AvgIpc) is 2.64. The number of anilines is 2. The molecule has 3 nitrogen and oxygen atoms in total. The van der Waals surface area contributed by atoms with Crippen molar-refractivity contribution in [1.82, 2.24) is 4.98 Å². The third-order valence-electron chi connectivity index (χ3n) is 4.04. The monoisotopic (exact) mass is 314 g/mol. The predicted molar refractivity (Wildman–Crippen MR) is 100 cm³/mol. The van der Waals surface area contributed by atoms with Crippen molar-refractivity contribution in [1.29, 1.82) is 0 Å². The first kappa shape index (κ1) is 14.5. The molecule has 0 radical (unpaired) electrons. The topological polar surface area (TPSA) is 34.1 Å². The highest BCUT2D eigenvalue weighted by Crippen LogP contribution is 2.31. The number of nitrogens with one attached hydrogen (secondary N) is 1. The molecule has 0 saturated carbocycles. The van der Waals surface area contributed by atoms with Crippen LogP contribution >= 0.6 is 0 Å². The van der Waals surface area contributed by atoms with Crippen LogP contribution in [-0.4, -0.2) is 11.6 Å². The second-order valence-corrected chi connectivity index (χ2v) is 5.61. The number of rotatable bonds is 4. The Kier molecular flexibility index (Phi) is 3.75. The third kappa shape index (κ3) is 2.65. The molecular weight excluding hydrogens is 296 g/mol. The first-order valence-corrected chi connectivity index (χ1v) is 8.12. The van der Waals surface area contributed by atoms with Crippen LogP contribution in [0.5, 0.6) is 5.75 Å². The van der Waals surface area contributed by atoms with E-state index in [1.807, 2.05) is 49.4 Å². The fraction of sp³-hybridized carbons (Fsp3) is 0.0952. The fourth-order valence-electron chi connectivity index (χ4n) is 2.94. The molecule has 0 spiro atoms. The van der Waals surface area contributed by atoms with Gasteiger partial charge >= 0.3 is 0 Å². The van der Waals surface area contributed by atoms with Crippen molar-refractivity contribution in [2.45, 2.75) is 6.92 Å². The van der Waals surface area contributed by atoms with Crippen LogP contribution in [0.2, 0.25) is 0 Å². The minimum atomic E-state index is 0.670. The smallest absolute Gasteiger partial charge is 0.138 e. The summed E-state index contributed by atoms with van der Waals surface area (Å²) in [5, 5.41) is 6.93. The van der Waals surface area contributed by atoms with Crippen molar-refractivity contribution in [3.05, 3.63) is 72.8 Å². The summed E-state index contributed by atoms with van der Waals surface area (Å²) < 4.78 is 5.50. The van der Waals surface area contributed by atoms with Crippen molar-refractivity contribution < 1.29 is 4.74 Å². The number of hydrogen-bond donors (Lipinski definition) is 1. The van der Waals surface area contributed by atoms with Crippen molar-refractivity contribution in [2.24, 2.45) is 0 Å². The molecule has 0 bridgehead atoms. The number of benzene rings is 3. The Morgan fingerprint density at radius 3 is 2.21 bits per heavy atom. The predicted octanol–water partition coefficient (Wildman–Crippen LogP) is 5.53. The Morgan fingerprint density at radius 2 is 1.46 bits per heavy atom. The highest BCUT2D eigenvalue weighted by molar-refractivity contribution is 6.10. The summed E-state index contributed by atoms with van der Waals surface area (Å²) in [5.74, 6) is 1.74. The summed E-state index contributed by atoms with van der Waals surface area (Å²) in [4.78, 5) is 4.82. The minimum Gasteiger partial charge on any atom is -0.494 e. The summed E-state index contributed by atoms with van der Waals surface area (Å²) in [5.41, 5.74) is 1.98. The lowest BCUT2D eigenvalue weighted by molar-refractivity contribution is 0.340. The largest absolute Gasteiger partial charge is 0.494 e. The molecule has 118 valence electrons. The van der Waals surface area contributed by atoms with E-state index in [9.17, 15) is 0 Å². The number of nitrogens with zero attached hydrogens (tertiary/aromatic N) is 1. The summed E-state index contributed by atoms with van der Waals surface area (Å²) in [6.07, 6.45) is 0. The fourth-order valence-corrected chi connectivity index (χ4v) is 2.94. The van der Waals surface area contributed by atoms with Gasteiger partial charge in [-0.05, 0) is 42.6 Å². The van der Waals surface area contributed by atoms with Crippen LogP contribution in [0.1, 0.15) is 6.92 Å². The Hall–Kier alpha value is -3.07. The van der Waals surface area contributed by atoms with Crippen LogP contribution in [0, 0.1) is 0 Å². The Labute approximate surface area is 140 Å². The van der Waals surface area contributed by atoms with Crippen LogP contribution in [0.25, 0.3) is 21.7 Å². The maximum Gasteiger partial charge on any atom is 0.138 e. The maximum absolute atomic E-state index is 5.50. The Bertz CT molecular complexity index is 993. The number of hydrogen-bond acceptors (Lipinski definition) is 3. The van der Waals surface area contributed by atoms with E-state index in [2.05, 4.69) is 35.6 Å². The highest BCUT2D eigenvalue weighted by atomic mass is 16.5. The van der Waals surface area contributed by atoms with E-state index in [-0.39, 0.29) is 0 Å². The second-order valence-electron chi connectivity index (χ2n) is 5.61. The molecule has 1 aromatic heterocycles. The molecule has 0 fully saturated rings. The molecule has 4 rings (SSSR count). The van der Waals surface area contributed by atoms with Crippen LogP contribution in [0.15, 0.2) is 72.8 Å². The Balaban J connectivity index is 1.80. The van der Waals surface area contributed by atoms with Gasteiger partial charge in [0.15, 0.2) is 0 Å². The van der Waals surface area contributed by atoms with Crippen LogP contribution in [0.3, 0.4) is 0 Å². The number of pyridine rings is 1. The molecule has 3 heteroatoms. The van der Waals surface area contributed by atoms with Crippen molar-refractivity contribution in [3.8, 4) is 5.75 Å². The van der Waals surface area contributed by atoms with Crippen LogP contribution in [-0.2, 0) is 0 Å². The molecule has 24 heavy (non-hydrogen) atoms. The summed E-state index contributed by atoms with van der Waals surface area (Å²) in [6, 6.07) is 24.5. The van der Waals surface area contributed by atoms with Gasteiger partial charge in [0.05, 0.1) is 12.1 Å². The van der Waals surface area contributed by atoms with Crippen LogP contribution in [0.4, 0.5) is 11.5 Å². The molecule has 0 aliphatic carbocycles. The van der Waals surface area contributed by atoms with E-state index < -0.39 is 0 Å². The standard InChI is InChI=1S/C21H18N2O/c1-2-24-16-13-11-15(12-14-16)22-21-19-9-4-3-7-17(19)18-8-5-6-10-20(18)23-21/h3-14H,2H2,1H3,(H,22,23). The van der Waals surface area contributed by atoms with E-state index in [0.29, 0.717) is 6.61 Å². The van der Waals surface area contributed by atoms with Crippen molar-refractivity contribution in [2.75, 3.05) is 11.9 Å². The van der Waals surface area contributed by atoms with E-state index in [0.717, 1.165) is 28.2 Å². The van der Waals surface area contributed by atoms with Gasteiger partial charge in [-0.25, -0.2) is 4.98 Å². The summed E-state index contributed by atoms with van der Waals surface area (Å²) >= 11 is 0. The van der Waals surface area contributed by atoms with Crippen molar-refractivity contribution in [3.63, 3.8) is 0 Å². The molecule has 1 N–H and O–H groups in total. The highest BCUT2D eigenvalue weighted by Gasteiger charge is 2.08. The number of ether oxygens (including phenoxy) is 1. The molecule has 0 saturated heterocycles. The third-order valence-corrected chi connectivity index (χ3v) is 4.04. The lowest BCUT2D eigenvalue weighted by atomic mass is 10.1. The number of para-hydroxylation sites is 1. The molecular formula is C21H18N2O. The normalized spacial score (nSPS) is 10.9. The van der Waals surface area contributed by atoms with Gasteiger partial charge in [-0.1, -0.05) is 42.5 Å². The molecule has 0 aliphatic rings. The molecule has 0 atom stereocenters. The first-order chi connectivity index (χ1) is 11.8. The molecule has 0 unspecified atom stereocenters. The second kappa shape index (κ2) is 6.20. The SMILES string of the molecule is CCOc1ccc(Nc2nc3ccccc3c3ccccc23)cc1. The molecule has 1 heterocycles. The lowest BCUT2D eigenvalue weighted by Crippen LogP contribution is -1.96.